The van der Waals surface area contributed by atoms with E-state index in [0.29, 0.717) is 22.6 Å². The summed E-state index contributed by atoms with van der Waals surface area (Å²) in [6.07, 6.45) is 3.55. The second-order valence-corrected chi connectivity index (χ2v) is 4.98. The molecule has 0 radical (unpaired) electrons. The Labute approximate surface area is 111 Å². The largest absolute Gasteiger partial charge is 0.323 e. The van der Waals surface area contributed by atoms with Crippen LogP contribution in [-0.2, 0) is 6.54 Å². The summed E-state index contributed by atoms with van der Waals surface area (Å²) in [5, 5.41) is 3.45. The fourth-order valence-electron chi connectivity index (χ4n) is 1.69. The number of benzene rings is 1. The lowest BCUT2D eigenvalue weighted by Gasteiger charge is -2.12. The van der Waals surface area contributed by atoms with Crippen molar-refractivity contribution < 1.29 is 4.39 Å². The van der Waals surface area contributed by atoms with Crippen molar-refractivity contribution in [2.45, 2.75) is 20.4 Å². The standard InChI is InChI=1S/C13H15ClFN3/c1-9(2)8-18-6-5-16-13(18)17-12-7-10(14)3-4-11(12)15/h3-7,9H,8H2,1-2H3,(H,16,17). The Morgan fingerprint density at radius 1 is 1.44 bits per heavy atom. The number of hydrogen-bond donors (Lipinski definition) is 1. The summed E-state index contributed by atoms with van der Waals surface area (Å²) in [7, 11) is 0. The average Bonchev–Trinajstić information content (AvgIpc) is 2.70. The number of halogens is 2. The Morgan fingerprint density at radius 3 is 2.94 bits per heavy atom. The molecule has 0 unspecified atom stereocenters. The van der Waals surface area contributed by atoms with Gasteiger partial charge in [0.05, 0.1) is 5.69 Å². The maximum Gasteiger partial charge on any atom is 0.207 e. The Morgan fingerprint density at radius 2 is 2.22 bits per heavy atom. The molecule has 2 aromatic rings. The fraction of sp³-hybridized carbons (Fsp3) is 0.308. The van der Waals surface area contributed by atoms with Gasteiger partial charge in [-0.15, -0.1) is 0 Å². The van der Waals surface area contributed by atoms with Crippen molar-refractivity contribution in [2.24, 2.45) is 5.92 Å². The van der Waals surface area contributed by atoms with Gasteiger partial charge in [-0.3, -0.25) is 0 Å². The van der Waals surface area contributed by atoms with E-state index in [1.54, 1.807) is 12.3 Å². The lowest BCUT2D eigenvalue weighted by atomic mass is 10.2. The third kappa shape index (κ3) is 3.01. The molecule has 0 fully saturated rings. The molecule has 0 aliphatic heterocycles. The van der Waals surface area contributed by atoms with Crippen LogP contribution < -0.4 is 5.32 Å². The molecule has 96 valence electrons. The fourth-order valence-corrected chi connectivity index (χ4v) is 1.86. The second-order valence-electron chi connectivity index (χ2n) is 4.55. The highest BCUT2D eigenvalue weighted by atomic mass is 35.5. The summed E-state index contributed by atoms with van der Waals surface area (Å²) in [5.41, 5.74) is 0.332. The first-order chi connectivity index (χ1) is 8.56. The van der Waals surface area contributed by atoms with Crippen molar-refractivity contribution in [2.75, 3.05) is 5.32 Å². The molecule has 0 amide bonds. The van der Waals surface area contributed by atoms with Crippen LogP contribution in [0.2, 0.25) is 5.02 Å². The molecule has 18 heavy (non-hydrogen) atoms. The van der Waals surface area contributed by atoms with E-state index in [1.165, 1.54) is 12.1 Å². The van der Waals surface area contributed by atoms with E-state index >= 15 is 0 Å². The Bertz CT molecular complexity index is 537. The van der Waals surface area contributed by atoms with Crippen LogP contribution >= 0.6 is 11.6 Å². The molecule has 1 aromatic carbocycles. The van der Waals surface area contributed by atoms with E-state index in [9.17, 15) is 4.39 Å². The molecule has 1 aromatic heterocycles. The number of imidazole rings is 1. The van der Waals surface area contributed by atoms with Crippen LogP contribution in [0, 0.1) is 11.7 Å². The monoisotopic (exact) mass is 267 g/mol. The number of nitrogens with one attached hydrogen (secondary N) is 1. The molecule has 1 heterocycles. The lowest BCUT2D eigenvalue weighted by molar-refractivity contribution is 0.527. The zero-order chi connectivity index (χ0) is 13.1. The van der Waals surface area contributed by atoms with Gasteiger partial charge in [0, 0.05) is 24.0 Å². The van der Waals surface area contributed by atoms with Gasteiger partial charge in [0.2, 0.25) is 5.95 Å². The normalized spacial score (nSPS) is 10.9. The van der Waals surface area contributed by atoms with Gasteiger partial charge in [-0.1, -0.05) is 25.4 Å². The molecule has 0 aliphatic rings. The van der Waals surface area contributed by atoms with E-state index < -0.39 is 0 Å². The summed E-state index contributed by atoms with van der Waals surface area (Å²) in [6, 6.07) is 4.40. The third-order valence-corrected chi connectivity index (χ3v) is 2.69. The summed E-state index contributed by atoms with van der Waals surface area (Å²) in [4.78, 5) is 4.18. The van der Waals surface area contributed by atoms with E-state index in [0.717, 1.165) is 6.54 Å². The molecule has 1 N–H and O–H groups in total. The van der Waals surface area contributed by atoms with Crippen LogP contribution in [0.1, 0.15) is 13.8 Å². The molecular formula is C13H15ClFN3. The molecule has 0 saturated carbocycles. The predicted molar refractivity (Wildman–Crippen MR) is 71.8 cm³/mol. The van der Waals surface area contributed by atoms with Crippen LogP contribution in [-0.4, -0.2) is 9.55 Å². The van der Waals surface area contributed by atoms with E-state index in [1.807, 2.05) is 10.8 Å². The molecule has 0 aliphatic carbocycles. The molecular weight excluding hydrogens is 253 g/mol. The van der Waals surface area contributed by atoms with Gasteiger partial charge in [-0.2, -0.15) is 0 Å². The highest BCUT2D eigenvalue weighted by molar-refractivity contribution is 6.30. The van der Waals surface area contributed by atoms with Crippen molar-refractivity contribution in [1.29, 1.82) is 0 Å². The summed E-state index contributed by atoms with van der Waals surface area (Å²) >= 11 is 5.85. The van der Waals surface area contributed by atoms with Gasteiger partial charge in [0.1, 0.15) is 5.82 Å². The first-order valence-electron chi connectivity index (χ1n) is 5.79. The molecule has 3 nitrogen and oxygen atoms in total. The zero-order valence-corrected chi connectivity index (χ0v) is 11.1. The second kappa shape index (κ2) is 5.40. The predicted octanol–water partition coefficient (Wildman–Crippen LogP) is 4.08. The third-order valence-electron chi connectivity index (χ3n) is 2.45. The van der Waals surface area contributed by atoms with Gasteiger partial charge < -0.3 is 9.88 Å². The van der Waals surface area contributed by atoms with E-state index in [2.05, 4.69) is 24.1 Å². The lowest BCUT2D eigenvalue weighted by Crippen LogP contribution is -2.08. The van der Waals surface area contributed by atoms with Crippen molar-refractivity contribution in [3.63, 3.8) is 0 Å². The first kappa shape index (κ1) is 12.9. The minimum atomic E-state index is -0.349. The number of aromatic nitrogens is 2. The Balaban J connectivity index is 2.23. The maximum atomic E-state index is 13.6. The van der Waals surface area contributed by atoms with Crippen LogP contribution in [0.3, 0.4) is 0 Å². The van der Waals surface area contributed by atoms with Crippen molar-refractivity contribution in [3.8, 4) is 0 Å². The number of hydrogen-bond acceptors (Lipinski definition) is 2. The molecule has 2 rings (SSSR count). The topological polar surface area (TPSA) is 29.9 Å². The van der Waals surface area contributed by atoms with E-state index in [-0.39, 0.29) is 5.82 Å². The quantitative estimate of drug-likeness (QED) is 0.905. The number of anilines is 2. The molecule has 5 heteroatoms. The van der Waals surface area contributed by atoms with E-state index in [4.69, 9.17) is 11.6 Å². The summed E-state index contributed by atoms with van der Waals surface area (Å²) < 4.78 is 15.5. The van der Waals surface area contributed by atoms with Crippen molar-refractivity contribution in [3.05, 3.63) is 41.4 Å². The Hall–Kier alpha value is -1.55. The van der Waals surface area contributed by atoms with Gasteiger partial charge in [-0.25, -0.2) is 9.37 Å². The van der Waals surface area contributed by atoms with Crippen LogP contribution in [0.5, 0.6) is 0 Å². The van der Waals surface area contributed by atoms with Crippen LogP contribution in [0.15, 0.2) is 30.6 Å². The van der Waals surface area contributed by atoms with Crippen LogP contribution in [0.25, 0.3) is 0 Å². The van der Waals surface area contributed by atoms with Gasteiger partial charge in [0.25, 0.3) is 0 Å². The first-order valence-corrected chi connectivity index (χ1v) is 6.17. The number of nitrogens with zero attached hydrogens (tertiary/aromatic N) is 2. The minimum Gasteiger partial charge on any atom is -0.323 e. The molecule has 0 saturated heterocycles. The van der Waals surface area contributed by atoms with Gasteiger partial charge in [0.15, 0.2) is 0 Å². The Kier molecular flexibility index (Phi) is 3.87. The smallest absolute Gasteiger partial charge is 0.207 e. The number of rotatable bonds is 4. The summed E-state index contributed by atoms with van der Waals surface area (Å²) in [5.74, 6) is 0.757. The highest BCUT2D eigenvalue weighted by Crippen LogP contribution is 2.23. The maximum absolute atomic E-state index is 13.6. The van der Waals surface area contributed by atoms with Crippen molar-refractivity contribution >= 4 is 23.2 Å². The highest BCUT2D eigenvalue weighted by Gasteiger charge is 2.08. The SMILES string of the molecule is CC(C)Cn1ccnc1Nc1cc(Cl)ccc1F. The molecule has 0 bridgehead atoms. The van der Waals surface area contributed by atoms with Gasteiger partial charge >= 0.3 is 0 Å². The minimum absolute atomic E-state index is 0.332. The van der Waals surface area contributed by atoms with Gasteiger partial charge in [-0.05, 0) is 24.1 Å². The molecule has 0 spiro atoms. The molecule has 0 atom stereocenters. The zero-order valence-electron chi connectivity index (χ0n) is 10.3. The average molecular weight is 268 g/mol. The van der Waals surface area contributed by atoms with Crippen LogP contribution in [0.4, 0.5) is 16.0 Å². The summed E-state index contributed by atoms with van der Waals surface area (Å²) in [6.45, 7) is 5.05. The van der Waals surface area contributed by atoms with Crippen molar-refractivity contribution in [1.82, 2.24) is 9.55 Å².